The van der Waals surface area contributed by atoms with Gasteiger partial charge in [-0.25, -0.2) is 0 Å². The number of hydrogen-bond donors (Lipinski definition) is 1. The summed E-state index contributed by atoms with van der Waals surface area (Å²) in [6.45, 7) is 5.36. The van der Waals surface area contributed by atoms with Crippen LogP contribution in [-0.2, 0) is 27.3 Å². The Hall–Kier alpha value is -2.57. The van der Waals surface area contributed by atoms with Crippen molar-refractivity contribution in [2.24, 2.45) is 10.9 Å². The van der Waals surface area contributed by atoms with Crippen molar-refractivity contribution in [2.75, 3.05) is 39.8 Å². The molecule has 0 aliphatic carbocycles. The number of esters is 1. The Kier molecular flexibility index (Phi) is 6.90. The van der Waals surface area contributed by atoms with E-state index in [-0.39, 0.29) is 24.3 Å². The molecule has 0 bridgehead atoms. The molecular weight excluding hydrogens is 356 g/mol. The average molecular weight is 386 g/mol. The number of carbonyl (C=O) groups excluding carboxylic acids is 2. The van der Waals surface area contributed by atoms with Gasteiger partial charge in [0, 0.05) is 33.2 Å². The van der Waals surface area contributed by atoms with Crippen LogP contribution in [0.15, 0.2) is 29.3 Å². The van der Waals surface area contributed by atoms with Crippen LogP contribution in [-0.4, -0.2) is 67.5 Å². The van der Waals surface area contributed by atoms with Crippen molar-refractivity contribution in [3.63, 3.8) is 0 Å². The zero-order valence-corrected chi connectivity index (χ0v) is 16.8. The summed E-state index contributed by atoms with van der Waals surface area (Å²) in [4.78, 5) is 32.9. The first-order valence-electron chi connectivity index (χ1n) is 10.1. The molecule has 1 saturated heterocycles. The number of likely N-dealkylation sites (tertiary alicyclic amines) is 1. The second-order valence-electron chi connectivity index (χ2n) is 7.25. The number of aliphatic imine (C=N–C) groups is 1. The minimum Gasteiger partial charge on any atom is -0.466 e. The smallest absolute Gasteiger partial charge is 0.309 e. The summed E-state index contributed by atoms with van der Waals surface area (Å²) in [6, 6.07) is 8.30. The maximum atomic E-state index is 12.7. The molecule has 0 radical (unpaired) electrons. The second kappa shape index (κ2) is 9.57. The number of rotatable bonds is 4. The summed E-state index contributed by atoms with van der Waals surface area (Å²) in [7, 11) is 1.72. The van der Waals surface area contributed by atoms with Gasteiger partial charge in [0.05, 0.1) is 19.1 Å². The zero-order valence-electron chi connectivity index (χ0n) is 16.8. The topological polar surface area (TPSA) is 74.2 Å². The normalized spacial score (nSPS) is 17.9. The lowest BCUT2D eigenvalue weighted by atomic mass is 9.97. The largest absolute Gasteiger partial charge is 0.466 e. The van der Waals surface area contributed by atoms with E-state index in [2.05, 4.69) is 27.3 Å². The van der Waals surface area contributed by atoms with Crippen molar-refractivity contribution in [1.82, 2.24) is 15.1 Å². The number of fused-ring (bicyclic) bond motifs is 1. The number of nitrogens with one attached hydrogen (secondary N) is 1. The maximum absolute atomic E-state index is 12.7. The number of hydrogen-bond acceptors (Lipinski definition) is 4. The quantitative estimate of drug-likeness (QED) is 0.481. The summed E-state index contributed by atoms with van der Waals surface area (Å²) in [6.07, 6.45) is 2.39. The van der Waals surface area contributed by atoms with Gasteiger partial charge in [0.1, 0.15) is 0 Å². The lowest BCUT2D eigenvalue weighted by molar-refractivity contribution is -0.149. The fourth-order valence-corrected chi connectivity index (χ4v) is 3.89. The Morgan fingerprint density at radius 2 is 1.86 bits per heavy atom. The summed E-state index contributed by atoms with van der Waals surface area (Å²) >= 11 is 0. The van der Waals surface area contributed by atoms with Gasteiger partial charge in [0.15, 0.2) is 5.96 Å². The Labute approximate surface area is 166 Å². The predicted molar refractivity (Wildman–Crippen MR) is 108 cm³/mol. The second-order valence-corrected chi connectivity index (χ2v) is 7.25. The zero-order chi connectivity index (χ0) is 19.9. The summed E-state index contributed by atoms with van der Waals surface area (Å²) in [5.41, 5.74) is 2.56. The van der Waals surface area contributed by atoms with E-state index in [0.29, 0.717) is 19.1 Å². The Bertz CT molecular complexity index is 726. The number of amides is 1. The van der Waals surface area contributed by atoms with Gasteiger partial charge in [-0.15, -0.1) is 0 Å². The van der Waals surface area contributed by atoms with Crippen LogP contribution in [0.4, 0.5) is 0 Å². The number of ether oxygens (including phenoxy) is 1. The van der Waals surface area contributed by atoms with E-state index in [1.165, 1.54) is 11.1 Å². The van der Waals surface area contributed by atoms with Gasteiger partial charge in [-0.1, -0.05) is 24.3 Å². The fourth-order valence-electron chi connectivity index (χ4n) is 3.89. The van der Waals surface area contributed by atoms with Gasteiger partial charge in [0.2, 0.25) is 5.91 Å². The van der Waals surface area contributed by atoms with Crippen LogP contribution in [0.1, 0.15) is 30.9 Å². The van der Waals surface area contributed by atoms with Gasteiger partial charge >= 0.3 is 5.97 Å². The SMILES string of the molecule is CCOC(=O)C1CCN(C(=NC)NCC(=O)N2CCc3ccccc3C2)CC1. The monoisotopic (exact) mass is 386 g/mol. The minimum absolute atomic E-state index is 0.0376. The minimum atomic E-state index is -0.106. The highest BCUT2D eigenvalue weighted by Gasteiger charge is 2.28. The van der Waals surface area contributed by atoms with Crippen molar-refractivity contribution in [2.45, 2.75) is 32.7 Å². The number of nitrogens with zero attached hydrogens (tertiary/aromatic N) is 3. The third-order valence-electron chi connectivity index (χ3n) is 5.51. The molecule has 7 heteroatoms. The number of benzene rings is 1. The van der Waals surface area contributed by atoms with Crippen LogP contribution in [0, 0.1) is 5.92 Å². The fraction of sp³-hybridized carbons (Fsp3) is 0.571. The van der Waals surface area contributed by atoms with E-state index in [9.17, 15) is 9.59 Å². The first kappa shape index (κ1) is 20.2. The highest BCUT2D eigenvalue weighted by atomic mass is 16.5. The Morgan fingerprint density at radius 3 is 2.54 bits per heavy atom. The molecule has 28 heavy (non-hydrogen) atoms. The van der Waals surface area contributed by atoms with E-state index in [4.69, 9.17) is 4.74 Å². The van der Waals surface area contributed by atoms with E-state index in [0.717, 1.165) is 38.9 Å². The summed E-state index contributed by atoms with van der Waals surface area (Å²) in [5, 5.41) is 3.20. The van der Waals surface area contributed by atoms with E-state index >= 15 is 0 Å². The lowest BCUT2D eigenvalue weighted by Gasteiger charge is -2.34. The molecule has 0 atom stereocenters. The molecule has 1 aromatic rings. The molecule has 2 aliphatic rings. The van der Waals surface area contributed by atoms with Crippen LogP contribution in [0.5, 0.6) is 0 Å². The molecule has 7 nitrogen and oxygen atoms in total. The average Bonchev–Trinajstić information content (AvgIpc) is 2.74. The van der Waals surface area contributed by atoms with E-state index in [1.807, 2.05) is 24.0 Å². The molecule has 1 fully saturated rings. The predicted octanol–water partition coefficient (Wildman–Crippen LogP) is 1.42. The highest BCUT2D eigenvalue weighted by Crippen LogP contribution is 2.20. The molecule has 1 N–H and O–H groups in total. The van der Waals surface area contributed by atoms with E-state index < -0.39 is 0 Å². The van der Waals surface area contributed by atoms with Crippen molar-refractivity contribution >= 4 is 17.8 Å². The molecular formula is C21H30N4O3. The number of carbonyl (C=O) groups is 2. The van der Waals surface area contributed by atoms with Crippen molar-refractivity contribution in [3.05, 3.63) is 35.4 Å². The first-order valence-corrected chi connectivity index (χ1v) is 10.1. The third-order valence-corrected chi connectivity index (χ3v) is 5.51. The van der Waals surface area contributed by atoms with Gasteiger partial charge in [-0.05, 0) is 37.3 Å². The molecule has 1 amide bonds. The highest BCUT2D eigenvalue weighted by molar-refractivity contribution is 5.86. The third kappa shape index (κ3) is 4.82. The van der Waals surface area contributed by atoms with Crippen molar-refractivity contribution in [1.29, 1.82) is 0 Å². The van der Waals surface area contributed by atoms with Crippen molar-refractivity contribution in [3.8, 4) is 0 Å². The van der Waals surface area contributed by atoms with Gasteiger partial charge in [-0.3, -0.25) is 14.6 Å². The van der Waals surface area contributed by atoms with Crippen LogP contribution in [0.25, 0.3) is 0 Å². The van der Waals surface area contributed by atoms with E-state index in [1.54, 1.807) is 7.05 Å². The van der Waals surface area contributed by atoms with Gasteiger partial charge in [0.25, 0.3) is 0 Å². The molecule has 0 saturated carbocycles. The molecule has 2 aliphatic heterocycles. The van der Waals surface area contributed by atoms with Crippen molar-refractivity contribution < 1.29 is 14.3 Å². The van der Waals surface area contributed by atoms with Crippen LogP contribution < -0.4 is 5.32 Å². The van der Waals surface area contributed by atoms with Crippen LogP contribution in [0.3, 0.4) is 0 Å². The Morgan fingerprint density at radius 1 is 1.14 bits per heavy atom. The van der Waals surface area contributed by atoms with Gasteiger partial charge < -0.3 is 19.9 Å². The molecule has 0 spiro atoms. The summed E-state index contributed by atoms with van der Waals surface area (Å²) < 4.78 is 5.12. The molecule has 0 unspecified atom stereocenters. The van der Waals surface area contributed by atoms with Gasteiger partial charge in [-0.2, -0.15) is 0 Å². The molecule has 2 heterocycles. The first-order chi connectivity index (χ1) is 13.6. The number of piperidine rings is 1. The molecule has 0 aromatic heterocycles. The molecule has 1 aromatic carbocycles. The summed E-state index contributed by atoms with van der Waals surface area (Å²) in [5.74, 6) is 0.653. The van der Waals surface area contributed by atoms with Crippen LogP contribution in [0.2, 0.25) is 0 Å². The lowest BCUT2D eigenvalue weighted by Crippen LogP contribution is -2.50. The number of guanidine groups is 1. The maximum Gasteiger partial charge on any atom is 0.309 e. The van der Waals surface area contributed by atoms with Crippen LogP contribution >= 0.6 is 0 Å². The molecule has 3 rings (SSSR count). The Balaban J connectivity index is 1.47. The molecule has 152 valence electrons. The standard InChI is InChI=1S/C21H30N4O3/c1-3-28-20(27)17-9-11-24(12-10-17)21(22-2)23-14-19(26)25-13-8-16-6-4-5-7-18(16)15-25/h4-7,17H,3,8-15H2,1-2H3,(H,22,23).